The van der Waals surface area contributed by atoms with Crippen LogP contribution in [0.3, 0.4) is 0 Å². The molecule has 180 valence electrons. The summed E-state index contributed by atoms with van der Waals surface area (Å²) in [6.45, 7) is 3.53. The Bertz CT molecular complexity index is 1300. The average molecular weight is 490 g/mol. The third kappa shape index (κ3) is 4.16. The molecule has 3 aromatic rings. The fourth-order valence-electron chi connectivity index (χ4n) is 4.55. The number of rotatable bonds is 5. The second kappa shape index (κ2) is 9.51. The number of fused-ring (bicyclic) bond motifs is 2. The minimum Gasteiger partial charge on any atom is -0.330 e. The number of piperidine rings is 1. The number of halogens is 2. The Kier molecular flexibility index (Phi) is 6.67. The minimum atomic E-state index is -0.511. The lowest BCUT2D eigenvalue weighted by Crippen LogP contribution is -2.43. The molecule has 0 spiro atoms. The zero-order chi connectivity index (χ0) is 23.1. The molecule has 0 bridgehead atoms. The SMILES string of the molecule is CCc1cc2n(CC(=O)Nc3ccc(F)cn3)c3c(c(=O)n2n1)CN(C1CCNCC1)C3=O.Cl. The first-order chi connectivity index (χ1) is 16.0. The number of nitrogens with one attached hydrogen (secondary N) is 2. The van der Waals surface area contributed by atoms with E-state index in [0.717, 1.165) is 32.1 Å². The van der Waals surface area contributed by atoms with Gasteiger partial charge in [-0.2, -0.15) is 9.61 Å². The molecule has 0 atom stereocenters. The first kappa shape index (κ1) is 23.8. The summed E-state index contributed by atoms with van der Waals surface area (Å²) in [5.41, 5.74) is 1.33. The number of hydrogen-bond acceptors (Lipinski definition) is 6. The van der Waals surface area contributed by atoms with Crippen LogP contribution in [0.2, 0.25) is 0 Å². The molecule has 0 radical (unpaired) electrons. The predicted octanol–water partition coefficient (Wildman–Crippen LogP) is 1.36. The zero-order valence-electron chi connectivity index (χ0n) is 18.6. The summed E-state index contributed by atoms with van der Waals surface area (Å²) in [6, 6.07) is 4.32. The summed E-state index contributed by atoms with van der Waals surface area (Å²) in [6.07, 6.45) is 3.23. The van der Waals surface area contributed by atoms with Gasteiger partial charge >= 0.3 is 0 Å². The van der Waals surface area contributed by atoms with Gasteiger partial charge in [-0.1, -0.05) is 6.92 Å². The Morgan fingerprint density at radius 1 is 1.26 bits per heavy atom. The number of nitrogens with zero attached hydrogens (tertiary/aromatic N) is 5. The molecular weight excluding hydrogens is 465 g/mol. The topological polar surface area (TPSA) is 114 Å². The molecule has 0 aliphatic carbocycles. The van der Waals surface area contributed by atoms with Gasteiger partial charge in [0.1, 0.15) is 29.5 Å². The maximum absolute atomic E-state index is 13.5. The quantitative estimate of drug-likeness (QED) is 0.559. The molecule has 1 saturated heterocycles. The van der Waals surface area contributed by atoms with E-state index >= 15 is 0 Å². The minimum absolute atomic E-state index is 0. The van der Waals surface area contributed by atoms with Crippen LogP contribution in [0.5, 0.6) is 0 Å². The fraction of sp³-hybridized carbons (Fsp3) is 0.409. The lowest BCUT2D eigenvalue weighted by Gasteiger charge is -2.31. The summed E-state index contributed by atoms with van der Waals surface area (Å²) in [5, 5.41) is 10.3. The van der Waals surface area contributed by atoms with E-state index in [1.54, 1.807) is 15.5 Å². The number of carbonyl (C=O) groups is 2. The van der Waals surface area contributed by atoms with Crippen LogP contribution in [0.4, 0.5) is 10.2 Å². The number of pyridine rings is 1. The predicted molar refractivity (Wildman–Crippen MR) is 125 cm³/mol. The molecule has 2 amide bonds. The molecule has 34 heavy (non-hydrogen) atoms. The van der Waals surface area contributed by atoms with Crippen LogP contribution in [0, 0.1) is 5.82 Å². The van der Waals surface area contributed by atoms with Gasteiger partial charge in [0.25, 0.3) is 11.5 Å². The van der Waals surface area contributed by atoms with Crippen molar-refractivity contribution >= 4 is 35.7 Å². The summed E-state index contributed by atoms with van der Waals surface area (Å²) in [7, 11) is 0. The Labute approximate surface area is 200 Å². The monoisotopic (exact) mass is 489 g/mol. The Hall–Kier alpha value is -3.31. The maximum atomic E-state index is 13.5. The summed E-state index contributed by atoms with van der Waals surface area (Å²) >= 11 is 0. The van der Waals surface area contributed by atoms with E-state index in [-0.39, 0.29) is 54.5 Å². The van der Waals surface area contributed by atoms with Crippen molar-refractivity contribution in [2.24, 2.45) is 0 Å². The summed E-state index contributed by atoms with van der Waals surface area (Å²) in [4.78, 5) is 45.2. The van der Waals surface area contributed by atoms with Crippen molar-refractivity contribution in [3.05, 3.63) is 57.5 Å². The van der Waals surface area contributed by atoms with Gasteiger partial charge in [-0.05, 0) is 44.5 Å². The number of aryl methyl sites for hydroxylation is 1. The molecule has 0 saturated carbocycles. The van der Waals surface area contributed by atoms with Crippen LogP contribution in [-0.2, 0) is 24.3 Å². The molecule has 0 unspecified atom stereocenters. The first-order valence-corrected chi connectivity index (χ1v) is 11.0. The fourth-order valence-corrected chi connectivity index (χ4v) is 4.55. The lowest BCUT2D eigenvalue weighted by atomic mass is 10.1. The Morgan fingerprint density at radius 2 is 2.03 bits per heavy atom. The highest BCUT2D eigenvalue weighted by Gasteiger charge is 2.38. The van der Waals surface area contributed by atoms with Crippen LogP contribution < -0.4 is 16.2 Å². The first-order valence-electron chi connectivity index (χ1n) is 11.0. The molecule has 1 fully saturated rings. The van der Waals surface area contributed by atoms with Gasteiger partial charge in [0.2, 0.25) is 5.91 Å². The van der Waals surface area contributed by atoms with Crippen LogP contribution in [0.15, 0.2) is 29.2 Å². The van der Waals surface area contributed by atoms with Crippen molar-refractivity contribution in [2.45, 2.75) is 45.3 Å². The number of hydrogen-bond donors (Lipinski definition) is 2. The van der Waals surface area contributed by atoms with E-state index in [4.69, 9.17) is 0 Å². The molecule has 0 aromatic carbocycles. The molecule has 5 rings (SSSR count). The van der Waals surface area contributed by atoms with Gasteiger partial charge in [-0.3, -0.25) is 14.4 Å². The van der Waals surface area contributed by atoms with Gasteiger partial charge in [-0.15, -0.1) is 12.4 Å². The highest BCUT2D eigenvalue weighted by Crippen LogP contribution is 2.27. The van der Waals surface area contributed by atoms with Crippen molar-refractivity contribution in [1.29, 1.82) is 0 Å². The lowest BCUT2D eigenvalue weighted by molar-refractivity contribution is -0.116. The van der Waals surface area contributed by atoms with Crippen LogP contribution in [0.1, 0.15) is 41.5 Å². The van der Waals surface area contributed by atoms with E-state index in [9.17, 15) is 18.8 Å². The van der Waals surface area contributed by atoms with Crippen LogP contribution >= 0.6 is 12.4 Å². The standard InChI is InChI=1S/C22H24FN7O3.ClH/c1-2-14-9-19-29(12-18(31)26-17-4-3-13(23)10-25-17)20-16(21(32)30(19)27-14)11-28(22(20)33)15-5-7-24-8-6-15;/h3-4,9-10,15,24H,2,5-8,11-12H2,1H3,(H,25,26,31);1H. The summed E-state index contributed by atoms with van der Waals surface area (Å²) < 4.78 is 16.0. The highest BCUT2D eigenvalue weighted by atomic mass is 35.5. The van der Waals surface area contributed by atoms with E-state index < -0.39 is 11.7 Å². The van der Waals surface area contributed by atoms with Crippen molar-refractivity contribution in [3.8, 4) is 0 Å². The van der Waals surface area contributed by atoms with E-state index in [2.05, 4.69) is 20.7 Å². The van der Waals surface area contributed by atoms with Gasteiger partial charge < -0.3 is 20.1 Å². The van der Waals surface area contributed by atoms with Gasteiger partial charge in [0, 0.05) is 12.1 Å². The Balaban J connectivity index is 0.00000274. The molecule has 3 aromatic heterocycles. The summed E-state index contributed by atoms with van der Waals surface area (Å²) in [5.74, 6) is -1.01. The third-order valence-electron chi connectivity index (χ3n) is 6.22. The molecule has 2 aliphatic heterocycles. The van der Waals surface area contributed by atoms with Crippen molar-refractivity contribution < 1.29 is 14.0 Å². The van der Waals surface area contributed by atoms with Crippen molar-refractivity contribution in [3.63, 3.8) is 0 Å². The number of aromatic nitrogens is 4. The van der Waals surface area contributed by atoms with Crippen molar-refractivity contribution in [1.82, 2.24) is 29.4 Å². The highest BCUT2D eigenvalue weighted by molar-refractivity contribution is 5.98. The Morgan fingerprint density at radius 3 is 2.71 bits per heavy atom. The van der Waals surface area contributed by atoms with Crippen LogP contribution in [0.25, 0.3) is 5.65 Å². The number of carbonyl (C=O) groups excluding carboxylic acids is 2. The van der Waals surface area contributed by atoms with Crippen LogP contribution in [-0.4, -0.2) is 55.0 Å². The van der Waals surface area contributed by atoms with Gasteiger partial charge in [0.05, 0.1) is 24.0 Å². The average Bonchev–Trinajstić information content (AvgIpc) is 3.41. The number of amides is 2. The van der Waals surface area contributed by atoms with Crippen molar-refractivity contribution in [2.75, 3.05) is 18.4 Å². The second-order valence-electron chi connectivity index (χ2n) is 8.30. The maximum Gasteiger partial charge on any atom is 0.280 e. The smallest absolute Gasteiger partial charge is 0.280 e. The third-order valence-corrected chi connectivity index (χ3v) is 6.22. The molecule has 5 heterocycles. The second-order valence-corrected chi connectivity index (χ2v) is 8.30. The molecule has 2 aliphatic rings. The van der Waals surface area contributed by atoms with E-state index in [0.29, 0.717) is 23.3 Å². The van der Waals surface area contributed by atoms with E-state index in [1.165, 1.54) is 16.6 Å². The molecule has 10 nitrogen and oxygen atoms in total. The largest absolute Gasteiger partial charge is 0.330 e. The van der Waals surface area contributed by atoms with Gasteiger partial charge in [0.15, 0.2) is 0 Å². The molecule has 2 N–H and O–H groups in total. The zero-order valence-corrected chi connectivity index (χ0v) is 19.4. The van der Waals surface area contributed by atoms with E-state index in [1.807, 2.05) is 6.92 Å². The molecule has 12 heteroatoms. The molecular formula is C22H25ClFN7O3. The number of anilines is 1. The van der Waals surface area contributed by atoms with Gasteiger partial charge in [-0.25, -0.2) is 9.37 Å². The normalized spacial score (nSPS) is 15.9.